The van der Waals surface area contributed by atoms with Gasteiger partial charge in [0.1, 0.15) is 5.82 Å². The second-order valence-electron chi connectivity index (χ2n) is 6.41. The van der Waals surface area contributed by atoms with E-state index in [1.807, 2.05) is 41.8 Å². The maximum atomic E-state index is 13.1. The summed E-state index contributed by atoms with van der Waals surface area (Å²) in [4.78, 5) is 17.8. The molecule has 2 aromatic carbocycles. The summed E-state index contributed by atoms with van der Waals surface area (Å²) in [5.74, 6) is -0.494. The van der Waals surface area contributed by atoms with Crippen molar-refractivity contribution in [1.29, 1.82) is 0 Å². The topological polar surface area (TPSA) is 42.0 Å². The average molecular weight is 423 g/mol. The lowest BCUT2D eigenvalue weighted by Crippen LogP contribution is -2.23. The Hall–Kier alpha value is -3.02. The normalized spacial score (nSPS) is 10.7. The van der Waals surface area contributed by atoms with E-state index in [4.69, 9.17) is 11.6 Å². The van der Waals surface area contributed by atoms with Crippen molar-refractivity contribution in [3.63, 3.8) is 0 Å². The molecule has 3 nitrogen and oxygen atoms in total. The Morgan fingerprint density at radius 2 is 1.83 bits per heavy atom. The molecular weight excluding hydrogens is 407 g/mol. The zero-order chi connectivity index (χ0) is 20.2. The zero-order valence-corrected chi connectivity index (χ0v) is 16.8. The fourth-order valence-corrected chi connectivity index (χ4v) is 3.84. The summed E-state index contributed by atoms with van der Waals surface area (Å²) in [6.45, 7) is 0.300. The van der Waals surface area contributed by atoms with E-state index in [0.717, 1.165) is 27.3 Å². The quantitative estimate of drug-likeness (QED) is 0.416. The third kappa shape index (κ3) is 4.53. The minimum atomic E-state index is -0.280. The summed E-state index contributed by atoms with van der Waals surface area (Å²) in [5, 5.41) is 5.40. The average Bonchev–Trinajstić information content (AvgIpc) is 3.28. The molecule has 2 aromatic heterocycles. The van der Waals surface area contributed by atoms with E-state index in [9.17, 15) is 9.18 Å². The Bertz CT molecular complexity index is 1130. The van der Waals surface area contributed by atoms with Crippen molar-refractivity contribution in [3.05, 3.63) is 100 Å². The highest BCUT2D eigenvalue weighted by molar-refractivity contribution is 7.13. The number of aromatic nitrogens is 1. The molecular formula is C23H16ClFN2OS. The van der Waals surface area contributed by atoms with Crippen molar-refractivity contribution in [2.45, 2.75) is 6.54 Å². The number of rotatable bonds is 5. The SMILES string of the molecule is O=C(NCc1ccc(-c2ccc(F)cc2)cc1Cl)c1ccc(-c2cccs2)nc1. The molecule has 0 bridgehead atoms. The minimum absolute atomic E-state index is 0.214. The van der Waals surface area contributed by atoms with Gasteiger partial charge in [0.05, 0.1) is 16.1 Å². The Morgan fingerprint density at radius 1 is 1.03 bits per heavy atom. The molecule has 1 N–H and O–H groups in total. The van der Waals surface area contributed by atoms with Crippen molar-refractivity contribution in [3.8, 4) is 21.7 Å². The zero-order valence-electron chi connectivity index (χ0n) is 15.2. The van der Waals surface area contributed by atoms with Gasteiger partial charge in [0.25, 0.3) is 5.91 Å². The molecule has 144 valence electrons. The Morgan fingerprint density at radius 3 is 2.48 bits per heavy atom. The van der Waals surface area contributed by atoms with Crippen LogP contribution < -0.4 is 5.32 Å². The van der Waals surface area contributed by atoms with Crippen molar-refractivity contribution >= 4 is 28.8 Å². The standard InChI is InChI=1S/C23H16ClFN2OS/c24-20-12-16(15-5-8-19(25)9-6-15)3-4-17(20)13-27-23(28)18-7-10-21(26-14-18)22-2-1-11-29-22/h1-12,14H,13H2,(H,27,28). The molecule has 0 unspecified atom stereocenters. The minimum Gasteiger partial charge on any atom is -0.348 e. The maximum absolute atomic E-state index is 13.1. The molecule has 0 aliphatic heterocycles. The number of pyridine rings is 1. The molecule has 6 heteroatoms. The van der Waals surface area contributed by atoms with Crippen molar-refractivity contribution < 1.29 is 9.18 Å². The van der Waals surface area contributed by atoms with Gasteiger partial charge in [0.15, 0.2) is 0 Å². The third-order valence-electron chi connectivity index (χ3n) is 4.47. The molecule has 0 saturated carbocycles. The van der Waals surface area contributed by atoms with Crippen LogP contribution in [0.4, 0.5) is 4.39 Å². The first-order chi connectivity index (χ1) is 14.1. The number of carbonyl (C=O) groups is 1. The Balaban J connectivity index is 1.42. The molecule has 29 heavy (non-hydrogen) atoms. The van der Waals surface area contributed by atoms with Crippen LogP contribution in [0.3, 0.4) is 0 Å². The molecule has 4 rings (SSSR count). The van der Waals surface area contributed by atoms with Crippen LogP contribution in [0, 0.1) is 5.82 Å². The van der Waals surface area contributed by atoms with E-state index in [1.165, 1.54) is 12.1 Å². The predicted molar refractivity (Wildman–Crippen MR) is 116 cm³/mol. The maximum Gasteiger partial charge on any atom is 0.253 e. The molecule has 4 aromatic rings. The van der Waals surface area contributed by atoms with E-state index in [2.05, 4.69) is 10.3 Å². The van der Waals surface area contributed by atoms with Gasteiger partial charge in [-0.2, -0.15) is 0 Å². The summed E-state index contributed by atoms with van der Waals surface area (Å²) in [7, 11) is 0. The molecule has 1 amide bonds. The van der Waals surface area contributed by atoms with Gasteiger partial charge in [-0.25, -0.2) is 4.39 Å². The van der Waals surface area contributed by atoms with Gasteiger partial charge in [0, 0.05) is 17.8 Å². The van der Waals surface area contributed by atoms with Gasteiger partial charge in [0.2, 0.25) is 0 Å². The number of benzene rings is 2. The van der Waals surface area contributed by atoms with Crippen LogP contribution in [0.5, 0.6) is 0 Å². The van der Waals surface area contributed by atoms with Crippen LogP contribution in [-0.4, -0.2) is 10.9 Å². The van der Waals surface area contributed by atoms with Crippen LogP contribution in [0.15, 0.2) is 78.3 Å². The lowest BCUT2D eigenvalue weighted by atomic mass is 10.0. The first kappa shape index (κ1) is 19.3. The van der Waals surface area contributed by atoms with Crippen LogP contribution >= 0.6 is 22.9 Å². The molecule has 0 atom stereocenters. The number of hydrogen-bond acceptors (Lipinski definition) is 3. The number of carbonyl (C=O) groups excluding carboxylic acids is 1. The molecule has 0 aliphatic carbocycles. The number of amides is 1. The van der Waals surface area contributed by atoms with Crippen molar-refractivity contribution in [2.75, 3.05) is 0 Å². The van der Waals surface area contributed by atoms with Crippen molar-refractivity contribution in [1.82, 2.24) is 10.3 Å². The summed E-state index contributed by atoms with van der Waals surface area (Å²) in [6.07, 6.45) is 1.57. The number of hydrogen-bond donors (Lipinski definition) is 1. The van der Waals surface area contributed by atoms with Gasteiger partial charge < -0.3 is 5.32 Å². The monoisotopic (exact) mass is 422 g/mol. The van der Waals surface area contributed by atoms with E-state index in [1.54, 1.807) is 35.7 Å². The second kappa shape index (κ2) is 8.55. The van der Waals surface area contributed by atoms with Crippen molar-refractivity contribution in [2.24, 2.45) is 0 Å². The smallest absolute Gasteiger partial charge is 0.253 e. The van der Waals surface area contributed by atoms with Gasteiger partial charge in [-0.1, -0.05) is 41.9 Å². The fourth-order valence-electron chi connectivity index (χ4n) is 2.89. The van der Waals surface area contributed by atoms with E-state index < -0.39 is 0 Å². The second-order valence-corrected chi connectivity index (χ2v) is 7.76. The summed E-state index contributed by atoms with van der Waals surface area (Å²) in [5.41, 5.74) is 3.90. The Kier molecular flexibility index (Phi) is 5.69. The lowest BCUT2D eigenvalue weighted by Gasteiger charge is -2.09. The lowest BCUT2D eigenvalue weighted by molar-refractivity contribution is 0.0950. The number of nitrogens with zero attached hydrogens (tertiary/aromatic N) is 1. The molecule has 2 heterocycles. The first-order valence-corrected chi connectivity index (χ1v) is 10.2. The highest BCUT2D eigenvalue weighted by atomic mass is 35.5. The van der Waals surface area contributed by atoms with Gasteiger partial charge in [-0.3, -0.25) is 9.78 Å². The molecule has 0 spiro atoms. The Labute approximate surface area is 176 Å². The van der Waals surface area contributed by atoms with Crippen LogP contribution in [0.25, 0.3) is 21.7 Å². The third-order valence-corrected chi connectivity index (χ3v) is 5.71. The predicted octanol–water partition coefficient (Wildman–Crippen LogP) is 6.20. The summed E-state index contributed by atoms with van der Waals surface area (Å²) in [6, 6.07) is 19.4. The number of thiophene rings is 1. The largest absolute Gasteiger partial charge is 0.348 e. The molecule has 0 fully saturated rings. The van der Waals surface area contributed by atoms with E-state index >= 15 is 0 Å². The number of halogens is 2. The van der Waals surface area contributed by atoms with Gasteiger partial charge in [-0.05, 0) is 58.5 Å². The molecule has 0 saturated heterocycles. The summed E-state index contributed by atoms with van der Waals surface area (Å²) >= 11 is 7.98. The highest BCUT2D eigenvalue weighted by Crippen LogP contribution is 2.26. The first-order valence-electron chi connectivity index (χ1n) is 8.92. The molecule has 0 aliphatic rings. The molecule has 0 radical (unpaired) electrons. The number of nitrogens with one attached hydrogen (secondary N) is 1. The van der Waals surface area contributed by atoms with Gasteiger partial charge in [-0.15, -0.1) is 11.3 Å². The van der Waals surface area contributed by atoms with Crippen LogP contribution in [0.2, 0.25) is 5.02 Å². The van der Waals surface area contributed by atoms with Crippen LogP contribution in [0.1, 0.15) is 15.9 Å². The van der Waals surface area contributed by atoms with E-state index in [-0.39, 0.29) is 11.7 Å². The van der Waals surface area contributed by atoms with Crippen LogP contribution in [-0.2, 0) is 6.54 Å². The van der Waals surface area contributed by atoms with Gasteiger partial charge >= 0.3 is 0 Å². The summed E-state index contributed by atoms with van der Waals surface area (Å²) < 4.78 is 13.1. The van der Waals surface area contributed by atoms with E-state index in [0.29, 0.717) is 17.1 Å². The fraction of sp³-hybridized carbons (Fsp3) is 0.0435. The highest BCUT2D eigenvalue weighted by Gasteiger charge is 2.09.